The SMILES string of the molecule is c1ccc(N(c2ccc3c(c2)-c2ccccc2[C@@]32c3oc4ccccc4c3-c3cccc(N(c4ccccc4)c4cccc5ccccc45)c32)c2ccc3ccccc3c2)cc1. The van der Waals surface area contributed by atoms with E-state index in [-0.39, 0.29) is 0 Å². The molecule has 0 fully saturated rings. The Morgan fingerprint density at radius 3 is 1.76 bits per heavy atom. The van der Waals surface area contributed by atoms with E-state index in [1.54, 1.807) is 0 Å². The molecule has 0 bridgehead atoms. The van der Waals surface area contributed by atoms with E-state index >= 15 is 0 Å². The van der Waals surface area contributed by atoms with Crippen LogP contribution in [0.4, 0.5) is 34.1 Å². The number of fused-ring (bicyclic) bond motifs is 14. The van der Waals surface area contributed by atoms with Crippen molar-refractivity contribution in [1.29, 1.82) is 0 Å². The predicted octanol–water partition coefficient (Wildman–Crippen LogP) is 16.0. The standard InChI is InChI=1S/C59H38N2O/c1-3-21-42(22-4-1)60(44-34-33-39-17-7-8-19-41(39)37-44)45-35-36-52-50(38-45)47-26-11-13-29-51(47)59(52)57-49(56-48-27-12-14-32-55(48)62-58(56)59)28-16-31-54(57)61(43-23-5-2-6-24-43)53-30-15-20-40-18-9-10-25-46(40)53/h1-38H/t59-/m1/s1. The molecule has 3 heteroatoms. The molecule has 10 aromatic carbocycles. The van der Waals surface area contributed by atoms with Crippen LogP contribution in [0, 0.1) is 0 Å². The van der Waals surface area contributed by atoms with Crippen LogP contribution in [-0.2, 0) is 5.41 Å². The summed E-state index contributed by atoms with van der Waals surface area (Å²) < 4.78 is 7.29. The zero-order chi connectivity index (χ0) is 40.8. The van der Waals surface area contributed by atoms with Gasteiger partial charge in [0.15, 0.2) is 0 Å². The van der Waals surface area contributed by atoms with Crippen molar-refractivity contribution >= 4 is 66.6 Å². The molecule has 0 aliphatic heterocycles. The molecule has 1 heterocycles. The average Bonchev–Trinajstić information content (AvgIpc) is 3.96. The third-order valence-corrected chi connectivity index (χ3v) is 13.2. The van der Waals surface area contributed by atoms with Crippen LogP contribution in [0.25, 0.3) is 54.8 Å². The number of nitrogens with zero attached hydrogens (tertiary/aromatic N) is 2. The number of rotatable bonds is 6. The summed E-state index contributed by atoms with van der Waals surface area (Å²) in [5.41, 5.74) is 15.2. The van der Waals surface area contributed by atoms with E-state index in [1.165, 1.54) is 54.9 Å². The number of anilines is 6. The van der Waals surface area contributed by atoms with Gasteiger partial charge in [0.05, 0.1) is 11.4 Å². The molecule has 1 atom stereocenters. The molecule has 0 saturated carbocycles. The van der Waals surface area contributed by atoms with Gasteiger partial charge < -0.3 is 14.2 Å². The van der Waals surface area contributed by atoms with Gasteiger partial charge in [0.2, 0.25) is 0 Å². The van der Waals surface area contributed by atoms with Gasteiger partial charge in [0, 0.05) is 44.6 Å². The highest BCUT2D eigenvalue weighted by Gasteiger charge is 2.56. The second-order valence-electron chi connectivity index (χ2n) is 16.4. The summed E-state index contributed by atoms with van der Waals surface area (Å²) in [6.07, 6.45) is 0. The minimum atomic E-state index is -0.761. The van der Waals surface area contributed by atoms with Gasteiger partial charge in [-0.05, 0) is 111 Å². The van der Waals surface area contributed by atoms with E-state index < -0.39 is 5.41 Å². The maximum Gasteiger partial charge on any atom is 0.135 e. The van der Waals surface area contributed by atoms with E-state index in [1.807, 2.05) is 0 Å². The molecule has 0 amide bonds. The van der Waals surface area contributed by atoms with E-state index in [9.17, 15) is 0 Å². The molecule has 62 heavy (non-hydrogen) atoms. The van der Waals surface area contributed by atoms with Crippen LogP contribution in [-0.4, -0.2) is 0 Å². The number of benzene rings is 10. The first-order valence-electron chi connectivity index (χ1n) is 21.3. The lowest BCUT2D eigenvalue weighted by Crippen LogP contribution is -2.28. The Kier molecular flexibility index (Phi) is 7.52. The van der Waals surface area contributed by atoms with Crippen LogP contribution >= 0.6 is 0 Å². The largest absolute Gasteiger partial charge is 0.459 e. The number of para-hydroxylation sites is 3. The van der Waals surface area contributed by atoms with Gasteiger partial charge in [0.25, 0.3) is 0 Å². The van der Waals surface area contributed by atoms with Gasteiger partial charge in [-0.25, -0.2) is 0 Å². The molecule has 11 aromatic rings. The Labute approximate surface area is 360 Å². The van der Waals surface area contributed by atoms with Gasteiger partial charge in [0.1, 0.15) is 16.8 Å². The van der Waals surface area contributed by atoms with E-state index in [2.05, 4.69) is 240 Å². The average molecular weight is 791 g/mol. The van der Waals surface area contributed by atoms with E-state index in [0.717, 1.165) is 56.4 Å². The molecule has 2 aliphatic rings. The molecule has 0 saturated heterocycles. The summed E-state index contributed by atoms with van der Waals surface area (Å²) >= 11 is 0. The molecule has 0 radical (unpaired) electrons. The molecule has 13 rings (SSSR count). The summed E-state index contributed by atoms with van der Waals surface area (Å²) in [5.74, 6) is 0.973. The lowest BCUT2D eigenvalue weighted by atomic mass is 9.72. The fraction of sp³-hybridized carbons (Fsp3) is 0.0169. The third kappa shape index (κ3) is 4.88. The Morgan fingerprint density at radius 2 is 0.919 bits per heavy atom. The van der Waals surface area contributed by atoms with E-state index in [0.29, 0.717) is 0 Å². The Balaban J connectivity index is 1.12. The first kappa shape index (κ1) is 34.7. The van der Waals surface area contributed by atoms with Crippen LogP contribution in [0.15, 0.2) is 235 Å². The van der Waals surface area contributed by atoms with Crippen molar-refractivity contribution in [2.45, 2.75) is 5.41 Å². The number of hydrogen-bond donors (Lipinski definition) is 0. The Morgan fingerprint density at radius 1 is 0.339 bits per heavy atom. The van der Waals surface area contributed by atoms with Crippen molar-refractivity contribution in [1.82, 2.24) is 0 Å². The van der Waals surface area contributed by atoms with Crippen molar-refractivity contribution in [3.8, 4) is 22.3 Å². The molecule has 2 aliphatic carbocycles. The highest BCUT2D eigenvalue weighted by molar-refractivity contribution is 6.08. The summed E-state index contributed by atoms with van der Waals surface area (Å²) in [4.78, 5) is 4.86. The minimum absolute atomic E-state index is 0.761. The summed E-state index contributed by atoms with van der Waals surface area (Å²) in [6, 6.07) is 83.8. The second-order valence-corrected chi connectivity index (χ2v) is 16.4. The van der Waals surface area contributed by atoms with Crippen molar-refractivity contribution in [3.63, 3.8) is 0 Å². The topological polar surface area (TPSA) is 19.6 Å². The lowest BCUT2D eigenvalue weighted by Gasteiger charge is -2.35. The van der Waals surface area contributed by atoms with Gasteiger partial charge in [-0.3, -0.25) is 0 Å². The van der Waals surface area contributed by atoms with Crippen LogP contribution < -0.4 is 9.80 Å². The van der Waals surface area contributed by atoms with Gasteiger partial charge in [-0.15, -0.1) is 0 Å². The van der Waals surface area contributed by atoms with Crippen molar-refractivity contribution in [3.05, 3.63) is 253 Å². The zero-order valence-electron chi connectivity index (χ0n) is 33.7. The zero-order valence-corrected chi connectivity index (χ0v) is 33.7. The highest BCUT2D eigenvalue weighted by Crippen LogP contribution is 2.67. The highest BCUT2D eigenvalue weighted by atomic mass is 16.3. The summed E-state index contributed by atoms with van der Waals surface area (Å²) in [7, 11) is 0. The smallest absolute Gasteiger partial charge is 0.135 e. The molecular weight excluding hydrogens is 753 g/mol. The fourth-order valence-electron chi connectivity index (χ4n) is 10.7. The normalized spacial score (nSPS) is 14.5. The summed E-state index contributed by atoms with van der Waals surface area (Å²) in [5, 5.41) is 5.95. The molecule has 3 nitrogen and oxygen atoms in total. The van der Waals surface area contributed by atoms with Gasteiger partial charge in [-0.2, -0.15) is 0 Å². The Bertz CT molecular complexity index is 3550. The first-order valence-corrected chi connectivity index (χ1v) is 21.3. The van der Waals surface area contributed by atoms with Crippen molar-refractivity contribution < 1.29 is 4.42 Å². The molecular formula is C59H38N2O. The second kappa shape index (κ2) is 13.4. The Hall–Kier alpha value is -8.14. The van der Waals surface area contributed by atoms with Gasteiger partial charge in [-0.1, -0.05) is 164 Å². The quantitative estimate of drug-likeness (QED) is 0.167. The van der Waals surface area contributed by atoms with Crippen LogP contribution in [0.1, 0.15) is 22.5 Å². The maximum absolute atomic E-state index is 7.29. The molecule has 0 N–H and O–H groups in total. The maximum atomic E-state index is 7.29. The summed E-state index contributed by atoms with van der Waals surface area (Å²) in [6.45, 7) is 0. The molecule has 0 unspecified atom stereocenters. The van der Waals surface area contributed by atoms with E-state index in [4.69, 9.17) is 4.42 Å². The predicted molar refractivity (Wildman–Crippen MR) is 257 cm³/mol. The molecule has 1 spiro atoms. The monoisotopic (exact) mass is 790 g/mol. The minimum Gasteiger partial charge on any atom is -0.459 e. The van der Waals surface area contributed by atoms with Crippen LogP contribution in [0.3, 0.4) is 0 Å². The van der Waals surface area contributed by atoms with Crippen LogP contribution in [0.5, 0.6) is 0 Å². The number of hydrogen-bond acceptors (Lipinski definition) is 3. The molecule has 290 valence electrons. The van der Waals surface area contributed by atoms with Gasteiger partial charge >= 0.3 is 0 Å². The third-order valence-electron chi connectivity index (χ3n) is 13.2. The first-order chi connectivity index (χ1) is 30.8. The van der Waals surface area contributed by atoms with Crippen molar-refractivity contribution in [2.24, 2.45) is 0 Å². The number of furan rings is 1. The van der Waals surface area contributed by atoms with Crippen molar-refractivity contribution in [2.75, 3.05) is 9.80 Å². The van der Waals surface area contributed by atoms with Crippen LogP contribution in [0.2, 0.25) is 0 Å². The lowest BCUT2D eigenvalue weighted by molar-refractivity contribution is 0.507. The molecule has 1 aromatic heterocycles. The fourth-order valence-corrected chi connectivity index (χ4v) is 10.7.